The van der Waals surface area contributed by atoms with Crippen LogP contribution in [0, 0.1) is 0 Å². The zero-order valence-corrected chi connectivity index (χ0v) is 13.8. The highest BCUT2D eigenvalue weighted by atomic mass is 32.2. The van der Waals surface area contributed by atoms with Crippen LogP contribution in [0.4, 0.5) is 10.8 Å². The van der Waals surface area contributed by atoms with E-state index in [0.29, 0.717) is 37.6 Å². The number of hydrogen-bond donors (Lipinski definition) is 2. The fraction of sp³-hybridized carbons (Fsp3) is 0.750. The topological polar surface area (TPSA) is 106 Å². The van der Waals surface area contributed by atoms with Crippen molar-refractivity contribution in [3.8, 4) is 0 Å². The number of nitrogens with zero attached hydrogens (tertiary/aromatic N) is 2. The van der Waals surface area contributed by atoms with E-state index in [0.717, 1.165) is 11.5 Å². The first-order chi connectivity index (χ1) is 9.79. The number of hydrogen-bond acceptors (Lipinski definition) is 8. The Kier molecular flexibility index (Phi) is 4.76. The van der Waals surface area contributed by atoms with Gasteiger partial charge in [0, 0.05) is 39.6 Å². The van der Waals surface area contributed by atoms with Crippen molar-refractivity contribution >= 4 is 32.2 Å². The number of aromatic nitrogens is 1. The fourth-order valence-electron chi connectivity index (χ4n) is 2.39. The largest absolute Gasteiger partial charge is 0.388 e. The second-order valence-electron chi connectivity index (χ2n) is 5.30. The Hall–Kier alpha value is -0.900. The molecule has 0 aliphatic carbocycles. The summed E-state index contributed by atoms with van der Waals surface area (Å²) in [6.07, 6.45) is 1.06. The summed E-state index contributed by atoms with van der Waals surface area (Å²) in [7, 11) is -1.70. The van der Waals surface area contributed by atoms with Gasteiger partial charge in [-0.1, -0.05) is 6.92 Å². The average Bonchev–Trinajstić information content (AvgIpc) is 2.82. The molecular formula is C12H21N3O4S2. The number of likely N-dealkylation sites (N-methyl/N-ethyl adjacent to an activating group) is 1. The molecule has 2 heterocycles. The van der Waals surface area contributed by atoms with E-state index in [1.54, 1.807) is 18.9 Å². The molecule has 0 bridgehead atoms. The van der Waals surface area contributed by atoms with E-state index >= 15 is 0 Å². The molecule has 1 aromatic rings. The van der Waals surface area contributed by atoms with Gasteiger partial charge in [0.15, 0.2) is 15.7 Å². The van der Waals surface area contributed by atoms with E-state index in [1.165, 1.54) is 0 Å². The molecule has 0 saturated carbocycles. The van der Waals surface area contributed by atoms with Crippen LogP contribution >= 0.6 is 11.5 Å². The summed E-state index contributed by atoms with van der Waals surface area (Å²) in [5, 5.41) is 11.0. The maximum Gasteiger partial charge on any atom is 0.184 e. The second-order valence-corrected chi connectivity index (χ2v) is 8.27. The van der Waals surface area contributed by atoms with Crippen LogP contribution in [0.5, 0.6) is 0 Å². The third-order valence-electron chi connectivity index (χ3n) is 3.65. The molecule has 21 heavy (non-hydrogen) atoms. The molecule has 0 radical (unpaired) electrons. The van der Waals surface area contributed by atoms with Gasteiger partial charge in [0.2, 0.25) is 0 Å². The van der Waals surface area contributed by atoms with Crippen molar-refractivity contribution < 1.29 is 18.3 Å². The predicted octanol–water partition coefficient (Wildman–Crippen LogP) is 0.497. The Morgan fingerprint density at radius 1 is 1.48 bits per heavy atom. The van der Waals surface area contributed by atoms with E-state index in [4.69, 9.17) is 10.5 Å². The number of rotatable bonds is 5. The van der Waals surface area contributed by atoms with E-state index in [1.807, 2.05) is 0 Å². The van der Waals surface area contributed by atoms with Crippen molar-refractivity contribution in [1.29, 1.82) is 0 Å². The molecule has 9 heteroatoms. The van der Waals surface area contributed by atoms with E-state index in [-0.39, 0.29) is 16.5 Å². The SMILES string of the molecule is CCS(=O)(=O)c1c(N)nsc1N(C)CC1(O)CCOCC1. The highest BCUT2D eigenvalue weighted by Crippen LogP contribution is 2.36. The zero-order chi connectivity index (χ0) is 15.7. The maximum atomic E-state index is 12.2. The van der Waals surface area contributed by atoms with Gasteiger partial charge in [-0.2, -0.15) is 4.37 Å². The minimum atomic E-state index is -3.45. The molecule has 0 unspecified atom stereocenters. The summed E-state index contributed by atoms with van der Waals surface area (Å²) < 4.78 is 33.5. The molecule has 1 aliphatic heterocycles. The highest BCUT2D eigenvalue weighted by Gasteiger charge is 2.34. The van der Waals surface area contributed by atoms with Crippen molar-refractivity contribution in [2.75, 3.05) is 43.2 Å². The Morgan fingerprint density at radius 2 is 2.10 bits per heavy atom. The third kappa shape index (κ3) is 3.47. The lowest BCUT2D eigenvalue weighted by atomic mass is 9.94. The van der Waals surface area contributed by atoms with Crippen LogP contribution in [0.2, 0.25) is 0 Å². The van der Waals surface area contributed by atoms with Crippen LogP contribution in [0.3, 0.4) is 0 Å². The molecule has 0 atom stereocenters. The fourth-order valence-corrected chi connectivity index (χ4v) is 4.68. The summed E-state index contributed by atoms with van der Waals surface area (Å²) in [6, 6.07) is 0. The molecule has 3 N–H and O–H groups in total. The summed E-state index contributed by atoms with van der Waals surface area (Å²) in [4.78, 5) is 1.80. The minimum absolute atomic E-state index is 0.0302. The Balaban J connectivity index is 2.26. The van der Waals surface area contributed by atoms with Crippen LogP contribution in [-0.4, -0.2) is 56.1 Å². The number of nitrogen functional groups attached to an aromatic ring is 1. The van der Waals surface area contributed by atoms with Crippen LogP contribution in [0.25, 0.3) is 0 Å². The summed E-state index contributed by atoms with van der Waals surface area (Å²) in [5.41, 5.74) is 4.84. The lowest BCUT2D eigenvalue weighted by Crippen LogP contribution is -2.45. The van der Waals surface area contributed by atoms with Crippen molar-refractivity contribution in [3.63, 3.8) is 0 Å². The first-order valence-corrected chi connectivity index (χ1v) is 9.21. The summed E-state index contributed by atoms with van der Waals surface area (Å²) in [6.45, 7) is 2.91. The molecule has 1 aromatic heterocycles. The molecular weight excluding hydrogens is 314 g/mol. The molecule has 1 fully saturated rings. The Bertz CT molecular complexity index is 594. The van der Waals surface area contributed by atoms with Crippen molar-refractivity contribution in [1.82, 2.24) is 4.37 Å². The summed E-state index contributed by atoms with van der Waals surface area (Å²) >= 11 is 1.04. The van der Waals surface area contributed by atoms with Crippen LogP contribution in [0.1, 0.15) is 19.8 Å². The quantitative estimate of drug-likeness (QED) is 0.807. The molecule has 0 aromatic carbocycles. The van der Waals surface area contributed by atoms with Crippen molar-refractivity contribution in [3.05, 3.63) is 0 Å². The number of nitrogens with two attached hydrogens (primary N) is 1. The number of sulfone groups is 1. The van der Waals surface area contributed by atoms with Gasteiger partial charge >= 0.3 is 0 Å². The van der Waals surface area contributed by atoms with Gasteiger partial charge in [0.05, 0.1) is 11.4 Å². The Morgan fingerprint density at radius 3 is 2.67 bits per heavy atom. The third-order valence-corrected chi connectivity index (χ3v) is 6.54. The smallest absolute Gasteiger partial charge is 0.184 e. The van der Waals surface area contributed by atoms with Gasteiger partial charge in [-0.3, -0.25) is 0 Å². The molecule has 7 nitrogen and oxygen atoms in total. The second kappa shape index (κ2) is 6.07. The maximum absolute atomic E-state index is 12.2. The molecule has 1 saturated heterocycles. The first kappa shape index (κ1) is 16.5. The Labute approximate surface area is 128 Å². The van der Waals surface area contributed by atoms with Crippen LogP contribution < -0.4 is 10.6 Å². The lowest BCUT2D eigenvalue weighted by Gasteiger charge is -2.35. The standard InChI is InChI=1S/C12H21N3O4S2/c1-3-21(17,18)9-10(13)14-20-11(9)15(2)8-12(16)4-6-19-7-5-12/h16H,3-8H2,1-2H3,(H2,13,14). The highest BCUT2D eigenvalue weighted by molar-refractivity contribution is 7.91. The van der Waals surface area contributed by atoms with E-state index < -0.39 is 15.4 Å². The molecule has 0 amide bonds. The first-order valence-electron chi connectivity index (χ1n) is 6.78. The molecule has 2 rings (SSSR count). The predicted molar refractivity (Wildman–Crippen MR) is 82.5 cm³/mol. The lowest BCUT2D eigenvalue weighted by molar-refractivity contribution is -0.0572. The van der Waals surface area contributed by atoms with Crippen LogP contribution in [0.15, 0.2) is 4.90 Å². The molecule has 0 spiro atoms. The average molecular weight is 335 g/mol. The van der Waals surface area contributed by atoms with E-state index in [2.05, 4.69) is 4.37 Å². The number of ether oxygens (including phenoxy) is 1. The van der Waals surface area contributed by atoms with Gasteiger partial charge in [-0.25, -0.2) is 8.42 Å². The zero-order valence-electron chi connectivity index (χ0n) is 12.2. The summed E-state index contributed by atoms with van der Waals surface area (Å²) in [5.74, 6) is -0.00293. The van der Waals surface area contributed by atoms with Crippen LogP contribution in [-0.2, 0) is 14.6 Å². The van der Waals surface area contributed by atoms with Gasteiger partial charge in [-0.15, -0.1) is 0 Å². The van der Waals surface area contributed by atoms with Gasteiger partial charge in [0.25, 0.3) is 0 Å². The number of anilines is 2. The van der Waals surface area contributed by atoms with Crippen molar-refractivity contribution in [2.24, 2.45) is 0 Å². The molecule has 120 valence electrons. The van der Waals surface area contributed by atoms with Gasteiger partial charge < -0.3 is 20.5 Å². The van der Waals surface area contributed by atoms with E-state index in [9.17, 15) is 13.5 Å². The monoisotopic (exact) mass is 335 g/mol. The van der Waals surface area contributed by atoms with Crippen molar-refractivity contribution in [2.45, 2.75) is 30.3 Å². The van der Waals surface area contributed by atoms with Gasteiger partial charge in [-0.05, 0) is 11.5 Å². The normalized spacial score (nSPS) is 18.6. The minimum Gasteiger partial charge on any atom is -0.388 e. The number of aliphatic hydroxyl groups is 1. The molecule has 1 aliphatic rings. The van der Waals surface area contributed by atoms with Gasteiger partial charge in [0.1, 0.15) is 9.90 Å².